The van der Waals surface area contributed by atoms with Crippen LogP contribution >= 0.6 is 0 Å². The number of aliphatic carboxylic acids is 1. The van der Waals surface area contributed by atoms with Crippen molar-refractivity contribution < 1.29 is 9.90 Å². The second kappa shape index (κ2) is 3.86. The Morgan fingerprint density at radius 2 is 2.14 bits per heavy atom. The molecule has 0 aromatic rings. The van der Waals surface area contributed by atoms with E-state index in [2.05, 4.69) is 4.99 Å². The van der Waals surface area contributed by atoms with E-state index in [1.54, 1.807) is 6.92 Å². The molecular weight excluding hydrogens is 182 g/mol. The van der Waals surface area contributed by atoms with Gasteiger partial charge in [-0.3, -0.25) is 4.79 Å². The van der Waals surface area contributed by atoms with Gasteiger partial charge in [0.2, 0.25) is 0 Å². The number of carboxylic acids is 1. The van der Waals surface area contributed by atoms with Crippen molar-refractivity contribution >= 4 is 11.9 Å². The van der Waals surface area contributed by atoms with E-state index < -0.39 is 11.4 Å². The molecule has 1 rings (SSSR count). The van der Waals surface area contributed by atoms with Gasteiger partial charge in [-0.05, 0) is 19.8 Å². The largest absolute Gasteiger partial charge is 0.481 e. The number of hydrogen-bond acceptors (Lipinski definition) is 2. The van der Waals surface area contributed by atoms with Gasteiger partial charge in [-0.15, -0.1) is 0 Å². The SMILES string of the molecule is CC1(C(=O)O)CCCCC1N=C(N)N. The average molecular weight is 199 g/mol. The van der Waals surface area contributed by atoms with E-state index in [1.165, 1.54) is 0 Å². The zero-order chi connectivity index (χ0) is 10.8. The van der Waals surface area contributed by atoms with Crippen molar-refractivity contribution in [3.8, 4) is 0 Å². The van der Waals surface area contributed by atoms with Gasteiger partial charge in [0.25, 0.3) is 0 Å². The molecule has 0 saturated heterocycles. The van der Waals surface area contributed by atoms with Crippen molar-refractivity contribution in [1.29, 1.82) is 0 Å². The minimum atomic E-state index is -0.813. The summed E-state index contributed by atoms with van der Waals surface area (Å²) in [5.41, 5.74) is 9.76. The number of hydrogen-bond donors (Lipinski definition) is 3. The molecule has 1 saturated carbocycles. The lowest BCUT2D eigenvalue weighted by Gasteiger charge is -2.35. The van der Waals surface area contributed by atoms with Crippen molar-refractivity contribution in [2.45, 2.75) is 38.6 Å². The number of carboxylic acid groups (broad SMARTS) is 1. The van der Waals surface area contributed by atoms with Crippen LogP contribution in [0.4, 0.5) is 0 Å². The molecule has 80 valence electrons. The molecule has 0 radical (unpaired) electrons. The summed E-state index contributed by atoms with van der Waals surface area (Å²) in [6.07, 6.45) is 3.31. The summed E-state index contributed by atoms with van der Waals surface area (Å²) in [5, 5.41) is 9.13. The van der Waals surface area contributed by atoms with Gasteiger partial charge >= 0.3 is 5.97 Å². The first-order valence-electron chi connectivity index (χ1n) is 4.79. The van der Waals surface area contributed by atoms with Crippen LogP contribution in [0.2, 0.25) is 0 Å². The molecule has 0 bridgehead atoms. The molecular formula is C9H17N3O2. The molecule has 0 spiro atoms. The number of guanidine groups is 1. The Morgan fingerprint density at radius 1 is 1.50 bits per heavy atom. The Balaban J connectivity index is 2.89. The third-order valence-corrected chi connectivity index (χ3v) is 2.95. The fourth-order valence-electron chi connectivity index (χ4n) is 1.95. The first-order chi connectivity index (χ1) is 6.47. The molecule has 5 N–H and O–H groups in total. The maximum absolute atomic E-state index is 11.1. The zero-order valence-electron chi connectivity index (χ0n) is 8.36. The standard InChI is InChI=1S/C9H17N3O2/c1-9(7(13)14)5-3-2-4-6(9)12-8(10)11/h6H,2-5H2,1H3,(H,13,14)(H4,10,11,12). The zero-order valence-corrected chi connectivity index (χ0v) is 8.36. The highest BCUT2D eigenvalue weighted by atomic mass is 16.4. The molecule has 0 aromatic heterocycles. The third kappa shape index (κ3) is 1.97. The van der Waals surface area contributed by atoms with Gasteiger partial charge in [-0.1, -0.05) is 12.8 Å². The number of nitrogens with zero attached hydrogens (tertiary/aromatic N) is 1. The van der Waals surface area contributed by atoms with Crippen LogP contribution < -0.4 is 11.5 Å². The van der Waals surface area contributed by atoms with Crippen LogP contribution in [0.1, 0.15) is 32.6 Å². The molecule has 2 atom stereocenters. The molecule has 5 nitrogen and oxygen atoms in total. The summed E-state index contributed by atoms with van der Waals surface area (Å²) in [6, 6.07) is -0.279. The van der Waals surface area contributed by atoms with Gasteiger partial charge in [0.05, 0.1) is 11.5 Å². The molecule has 14 heavy (non-hydrogen) atoms. The predicted octanol–water partition coefficient (Wildman–Crippen LogP) is 0.293. The highest BCUT2D eigenvalue weighted by Crippen LogP contribution is 2.38. The average Bonchev–Trinajstić information content (AvgIpc) is 2.08. The molecule has 0 aliphatic heterocycles. The van der Waals surface area contributed by atoms with Gasteiger partial charge in [0, 0.05) is 0 Å². The first-order valence-corrected chi connectivity index (χ1v) is 4.79. The monoisotopic (exact) mass is 199 g/mol. The molecule has 1 aliphatic rings. The summed E-state index contributed by atoms with van der Waals surface area (Å²) in [6.45, 7) is 1.71. The predicted molar refractivity (Wildman–Crippen MR) is 53.8 cm³/mol. The summed E-state index contributed by atoms with van der Waals surface area (Å²) in [4.78, 5) is 15.1. The Morgan fingerprint density at radius 3 is 2.64 bits per heavy atom. The summed E-state index contributed by atoms with van der Waals surface area (Å²) >= 11 is 0. The van der Waals surface area contributed by atoms with Gasteiger partial charge in [-0.2, -0.15) is 0 Å². The Bertz CT molecular complexity index is 261. The van der Waals surface area contributed by atoms with E-state index in [0.717, 1.165) is 19.3 Å². The number of rotatable bonds is 2. The van der Waals surface area contributed by atoms with E-state index >= 15 is 0 Å². The van der Waals surface area contributed by atoms with Crippen LogP contribution in [-0.2, 0) is 4.79 Å². The minimum absolute atomic E-state index is 0.0237. The first kappa shape index (κ1) is 10.8. The molecule has 1 fully saturated rings. The van der Waals surface area contributed by atoms with E-state index in [9.17, 15) is 4.79 Å². The van der Waals surface area contributed by atoms with Crippen LogP contribution in [-0.4, -0.2) is 23.1 Å². The number of carbonyl (C=O) groups is 1. The maximum atomic E-state index is 11.1. The van der Waals surface area contributed by atoms with Crippen LogP contribution in [0.15, 0.2) is 4.99 Å². The van der Waals surface area contributed by atoms with Gasteiger partial charge in [-0.25, -0.2) is 4.99 Å². The van der Waals surface area contributed by atoms with Crippen molar-refractivity contribution in [3.63, 3.8) is 0 Å². The summed E-state index contributed by atoms with van der Waals surface area (Å²) in [7, 11) is 0. The molecule has 0 heterocycles. The number of aliphatic imine (C=N–C) groups is 1. The van der Waals surface area contributed by atoms with Crippen LogP contribution in [0.5, 0.6) is 0 Å². The lowest BCUT2D eigenvalue weighted by molar-refractivity contribution is -0.150. The van der Waals surface area contributed by atoms with E-state index in [1.807, 2.05) is 0 Å². The fourth-order valence-corrected chi connectivity index (χ4v) is 1.95. The van der Waals surface area contributed by atoms with Crippen LogP contribution in [0, 0.1) is 5.41 Å². The van der Waals surface area contributed by atoms with Gasteiger partial charge in [0.15, 0.2) is 5.96 Å². The molecule has 2 unspecified atom stereocenters. The second-order valence-electron chi connectivity index (χ2n) is 4.04. The van der Waals surface area contributed by atoms with Crippen LogP contribution in [0.25, 0.3) is 0 Å². The topological polar surface area (TPSA) is 102 Å². The quantitative estimate of drug-likeness (QED) is 0.439. The van der Waals surface area contributed by atoms with E-state index in [0.29, 0.717) is 6.42 Å². The molecule has 5 heteroatoms. The Hall–Kier alpha value is -1.26. The lowest BCUT2D eigenvalue weighted by atomic mass is 9.72. The number of nitrogens with two attached hydrogens (primary N) is 2. The second-order valence-corrected chi connectivity index (χ2v) is 4.04. The molecule has 1 aliphatic carbocycles. The van der Waals surface area contributed by atoms with E-state index in [4.69, 9.17) is 16.6 Å². The fraction of sp³-hybridized carbons (Fsp3) is 0.778. The van der Waals surface area contributed by atoms with Crippen molar-refractivity contribution in [3.05, 3.63) is 0 Å². The highest BCUT2D eigenvalue weighted by Gasteiger charge is 2.43. The molecule has 0 amide bonds. The Kier molecular flexibility index (Phi) is 2.98. The lowest BCUT2D eigenvalue weighted by Crippen LogP contribution is -2.43. The van der Waals surface area contributed by atoms with Crippen molar-refractivity contribution in [1.82, 2.24) is 0 Å². The van der Waals surface area contributed by atoms with E-state index in [-0.39, 0.29) is 12.0 Å². The van der Waals surface area contributed by atoms with Crippen molar-refractivity contribution in [2.75, 3.05) is 0 Å². The summed E-state index contributed by atoms with van der Waals surface area (Å²) in [5.74, 6) is -0.837. The Labute approximate surface area is 83.2 Å². The third-order valence-electron chi connectivity index (χ3n) is 2.95. The maximum Gasteiger partial charge on any atom is 0.311 e. The van der Waals surface area contributed by atoms with Crippen molar-refractivity contribution in [2.24, 2.45) is 21.9 Å². The molecule has 0 aromatic carbocycles. The summed E-state index contributed by atoms with van der Waals surface area (Å²) < 4.78 is 0. The highest BCUT2D eigenvalue weighted by molar-refractivity contribution is 5.78. The smallest absolute Gasteiger partial charge is 0.311 e. The normalized spacial score (nSPS) is 32.2. The van der Waals surface area contributed by atoms with Crippen LogP contribution in [0.3, 0.4) is 0 Å². The minimum Gasteiger partial charge on any atom is -0.481 e. The van der Waals surface area contributed by atoms with Gasteiger partial charge < -0.3 is 16.6 Å². The van der Waals surface area contributed by atoms with Gasteiger partial charge in [0.1, 0.15) is 0 Å².